The Hall–Kier alpha value is -0.830. The van der Waals surface area contributed by atoms with Crippen LogP contribution in [-0.2, 0) is 9.53 Å². The summed E-state index contributed by atoms with van der Waals surface area (Å²) in [5.74, 6) is -0.0550. The zero-order valence-electron chi connectivity index (χ0n) is 11.7. The molecule has 1 fully saturated rings. The van der Waals surface area contributed by atoms with E-state index in [1.807, 2.05) is 6.08 Å². The number of unbranched alkanes of at least 4 members (excludes halogenated alkanes) is 3. The number of allylic oxidation sites excluding steroid dienone is 1. The third-order valence-electron chi connectivity index (χ3n) is 3.69. The van der Waals surface area contributed by atoms with Crippen molar-refractivity contribution in [3.05, 3.63) is 12.7 Å². The van der Waals surface area contributed by atoms with Crippen molar-refractivity contribution in [1.82, 2.24) is 4.90 Å². The van der Waals surface area contributed by atoms with Crippen LogP contribution in [-0.4, -0.2) is 37.1 Å². The average Bonchev–Trinajstić information content (AvgIpc) is 2.43. The summed E-state index contributed by atoms with van der Waals surface area (Å²) in [6, 6.07) is -0.0148. The van der Waals surface area contributed by atoms with Crippen LogP contribution >= 0.6 is 0 Å². The Morgan fingerprint density at radius 3 is 2.61 bits per heavy atom. The van der Waals surface area contributed by atoms with Gasteiger partial charge in [0.15, 0.2) is 0 Å². The van der Waals surface area contributed by atoms with Crippen LogP contribution in [0.1, 0.15) is 51.4 Å². The average molecular weight is 253 g/mol. The molecule has 3 nitrogen and oxygen atoms in total. The fourth-order valence-electron chi connectivity index (χ4n) is 2.62. The highest BCUT2D eigenvalue weighted by Gasteiger charge is 2.27. The van der Waals surface area contributed by atoms with Gasteiger partial charge in [0.05, 0.1) is 7.11 Å². The molecule has 0 N–H and O–H groups in total. The van der Waals surface area contributed by atoms with Gasteiger partial charge in [-0.1, -0.05) is 25.3 Å². The van der Waals surface area contributed by atoms with Gasteiger partial charge in [0.2, 0.25) is 0 Å². The number of hydrogen-bond donors (Lipinski definition) is 0. The predicted octanol–water partition coefficient (Wildman–Crippen LogP) is 3.15. The van der Waals surface area contributed by atoms with Crippen LogP contribution in [0.3, 0.4) is 0 Å². The zero-order valence-corrected chi connectivity index (χ0v) is 11.7. The number of carbonyl (C=O) groups is 1. The lowest BCUT2D eigenvalue weighted by Crippen LogP contribution is -2.44. The molecule has 1 aliphatic heterocycles. The maximum atomic E-state index is 11.9. The van der Waals surface area contributed by atoms with Crippen LogP contribution in [0.5, 0.6) is 0 Å². The van der Waals surface area contributed by atoms with Crippen LogP contribution in [0.4, 0.5) is 0 Å². The first kappa shape index (κ1) is 15.2. The smallest absolute Gasteiger partial charge is 0.323 e. The third-order valence-corrected chi connectivity index (χ3v) is 3.69. The molecule has 0 spiro atoms. The highest BCUT2D eigenvalue weighted by molar-refractivity contribution is 5.75. The zero-order chi connectivity index (χ0) is 13.2. The Morgan fingerprint density at radius 2 is 2.00 bits per heavy atom. The van der Waals surface area contributed by atoms with Gasteiger partial charge in [-0.15, -0.1) is 6.58 Å². The SMILES string of the molecule is C=CCCCCC[C@@H](C(=O)OC)N1CCCCC1. The van der Waals surface area contributed by atoms with E-state index in [1.165, 1.54) is 39.2 Å². The van der Waals surface area contributed by atoms with E-state index >= 15 is 0 Å². The molecule has 1 rings (SSSR count). The van der Waals surface area contributed by atoms with Gasteiger partial charge in [0.25, 0.3) is 0 Å². The molecule has 0 saturated carbocycles. The van der Waals surface area contributed by atoms with Gasteiger partial charge in [-0.05, 0) is 45.2 Å². The second-order valence-corrected chi connectivity index (χ2v) is 5.06. The van der Waals surface area contributed by atoms with Crippen molar-refractivity contribution in [3.8, 4) is 0 Å². The second kappa shape index (κ2) is 9.15. The highest BCUT2D eigenvalue weighted by atomic mass is 16.5. The number of methoxy groups -OCH3 is 1. The fourth-order valence-corrected chi connectivity index (χ4v) is 2.62. The lowest BCUT2D eigenvalue weighted by Gasteiger charge is -2.32. The van der Waals surface area contributed by atoms with Crippen LogP contribution in [0, 0.1) is 0 Å². The monoisotopic (exact) mass is 253 g/mol. The van der Waals surface area contributed by atoms with Crippen molar-refractivity contribution in [1.29, 1.82) is 0 Å². The summed E-state index contributed by atoms with van der Waals surface area (Å²) in [5, 5.41) is 0. The quantitative estimate of drug-likeness (QED) is 0.378. The molecular formula is C15H27NO2. The highest BCUT2D eigenvalue weighted by Crippen LogP contribution is 2.18. The lowest BCUT2D eigenvalue weighted by atomic mass is 10.0. The van der Waals surface area contributed by atoms with Gasteiger partial charge in [-0.3, -0.25) is 9.69 Å². The second-order valence-electron chi connectivity index (χ2n) is 5.06. The Morgan fingerprint density at radius 1 is 1.28 bits per heavy atom. The minimum absolute atomic E-state index is 0.0148. The molecule has 0 aromatic carbocycles. The topological polar surface area (TPSA) is 29.5 Å². The number of hydrogen-bond acceptors (Lipinski definition) is 3. The number of piperidine rings is 1. The third kappa shape index (κ3) is 5.21. The van der Waals surface area contributed by atoms with Gasteiger partial charge in [0.1, 0.15) is 6.04 Å². The van der Waals surface area contributed by atoms with E-state index in [4.69, 9.17) is 4.74 Å². The van der Waals surface area contributed by atoms with Crippen LogP contribution in [0.2, 0.25) is 0 Å². The summed E-state index contributed by atoms with van der Waals surface area (Å²) in [5.41, 5.74) is 0. The van der Waals surface area contributed by atoms with Crippen LogP contribution < -0.4 is 0 Å². The van der Waals surface area contributed by atoms with E-state index in [0.29, 0.717) is 0 Å². The molecule has 104 valence electrons. The van der Waals surface area contributed by atoms with Crippen molar-refractivity contribution >= 4 is 5.97 Å². The summed E-state index contributed by atoms with van der Waals surface area (Å²) in [6.07, 6.45) is 11.1. The maximum Gasteiger partial charge on any atom is 0.323 e. The number of esters is 1. The normalized spacial score (nSPS) is 18.3. The summed E-state index contributed by atoms with van der Waals surface area (Å²) in [4.78, 5) is 14.2. The largest absolute Gasteiger partial charge is 0.468 e. The van der Waals surface area contributed by atoms with Gasteiger partial charge < -0.3 is 4.74 Å². The summed E-state index contributed by atoms with van der Waals surface area (Å²) < 4.78 is 4.95. The molecule has 1 saturated heterocycles. The Kier molecular flexibility index (Phi) is 7.74. The molecule has 0 aliphatic carbocycles. The van der Waals surface area contributed by atoms with E-state index in [-0.39, 0.29) is 12.0 Å². The first-order chi connectivity index (χ1) is 8.79. The first-order valence-electron chi connectivity index (χ1n) is 7.22. The van der Waals surface area contributed by atoms with Crippen molar-refractivity contribution in [2.75, 3.05) is 20.2 Å². The molecule has 1 heterocycles. The number of nitrogens with zero attached hydrogens (tertiary/aromatic N) is 1. The van der Waals surface area contributed by atoms with Gasteiger partial charge in [-0.2, -0.15) is 0 Å². The molecule has 18 heavy (non-hydrogen) atoms. The minimum Gasteiger partial charge on any atom is -0.468 e. The molecule has 3 heteroatoms. The summed E-state index contributed by atoms with van der Waals surface area (Å²) in [7, 11) is 1.50. The van der Waals surface area contributed by atoms with Crippen molar-refractivity contribution < 1.29 is 9.53 Å². The van der Waals surface area contributed by atoms with Crippen molar-refractivity contribution in [3.63, 3.8) is 0 Å². The number of carbonyl (C=O) groups excluding carboxylic acids is 1. The predicted molar refractivity (Wildman–Crippen MR) is 74.5 cm³/mol. The summed E-state index contributed by atoms with van der Waals surface area (Å²) >= 11 is 0. The lowest BCUT2D eigenvalue weighted by molar-refractivity contribution is -0.147. The van der Waals surface area contributed by atoms with Crippen LogP contribution in [0.15, 0.2) is 12.7 Å². The van der Waals surface area contributed by atoms with E-state index in [2.05, 4.69) is 11.5 Å². The Balaban J connectivity index is 2.35. The number of ether oxygens (including phenoxy) is 1. The molecule has 0 unspecified atom stereocenters. The van der Waals surface area contributed by atoms with E-state index in [0.717, 1.165) is 32.4 Å². The molecule has 0 aromatic rings. The first-order valence-corrected chi connectivity index (χ1v) is 7.22. The molecule has 0 aromatic heterocycles. The Bertz CT molecular complexity index is 247. The molecule has 0 amide bonds. The van der Waals surface area contributed by atoms with E-state index < -0.39 is 0 Å². The van der Waals surface area contributed by atoms with E-state index in [1.54, 1.807) is 0 Å². The summed E-state index contributed by atoms with van der Waals surface area (Å²) in [6.45, 7) is 5.82. The minimum atomic E-state index is -0.0550. The molecule has 1 atom stereocenters. The molecule has 0 bridgehead atoms. The fraction of sp³-hybridized carbons (Fsp3) is 0.800. The Labute approximate surface area is 111 Å². The van der Waals surface area contributed by atoms with Crippen molar-refractivity contribution in [2.45, 2.75) is 57.4 Å². The van der Waals surface area contributed by atoms with Gasteiger partial charge in [-0.25, -0.2) is 0 Å². The standard InChI is InChI=1S/C15H27NO2/c1-3-4-5-6-8-11-14(15(17)18-2)16-12-9-7-10-13-16/h3,14H,1,4-13H2,2H3/t14-/m0/s1. The molecule has 0 radical (unpaired) electrons. The van der Waals surface area contributed by atoms with E-state index in [9.17, 15) is 4.79 Å². The van der Waals surface area contributed by atoms with Crippen LogP contribution in [0.25, 0.3) is 0 Å². The molecular weight excluding hydrogens is 226 g/mol. The molecule has 1 aliphatic rings. The van der Waals surface area contributed by atoms with Crippen molar-refractivity contribution in [2.24, 2.45) is 0 Å². The number of likely N-dealkylation sites (tertiary alicyclic amines) is 1. The van der Waals surface area contributed by atoms with Gasteiger partial charge >= 0.3 is 5.97 Å². The number of rotatable bonds is 8. The van der Waals surface area contributed by atoms with Gasteiger partial charge in [0, 0.05) is 0 Å². The maximum absolute atomic E-state index is 11.9.